The lowest BCUT2D eigenvalue weighted by Gasteiger charge is -2.43. The zero-order valence-corrected chi connectivity index (χ0v) is 11.6. The summed E-state index contributed by atoms with van der Waals surface area (Å²) < 4.78 is 5.13. The Kier molecular flexibility index (Phi) is 3.82. The second-order valence-corrected chi connectivity index (χ2v) is 5.56. The fourth-order valence-electron chi connectivity index (χ4n) is 3.05. The van der Waals surface area contributed by atoms with E-state index in [1.807, 2.05) is 24.3 Å². The maximum atomic E-state index is 11.0. The van der Waals surface area contributed by atoms with Gasteiger partial charge in [-0.1, -0.05) is 31.4 Å². The number of methoxy groups -OCH3 is 1. The summed E-state index contributed by atoms with van der Waals surface area (Å²) in [4.78, 5) is 0. The Morgan fingerprint density at radius 1 is 1.21 bits per heavy atom. The van der Waals surface area contributed by atoms with Crippen molar-refractivity contribution >= 4 is 0 Å². The van der Waals surface area contributed by atoms with Gasteiger partial charge < -0.3 is 9.84 Å². The zero-order chi connectivity index (χ0) is 13.9. The molecule has 1 aromatic rings. The van der Waals surface area contributed by atoms with Crippen molar-refractivity contribution < 1.29 is 9.84 Å². The van der Waals surface area contributed by atoms with Crippen LogP contribution in [0.1, 0.15) is 44.6 Å². The first-order valence-corrected chi connectivity index (χ1v) is 6.84. The number of ether oxygens (including phenoxy) is 1. The van der Waals surface area contributed by atoms with Crippen LogP contribution in [0.5, 0.6) is 5.75 Å². The zero-order valence-electron chi connectivity index (χ0n) is 11.6. The molecule has 1 aliphatic carbocycles. The van der Waals surface area contributed by atoms with E-state index in [2.05, 4.69) is 6.07 Å². The largest absolute Gasteiger partial charge is 0.497 e. The summed E-state index contributed by atoms with van der Waals surface area (Å²) in [6.07, 6.45) is 4.72. The van der Waals surface area contributed by atoms with Crippen LogP contribution in [0.25, 0.3) is 0 Å². The van der Waals surface area contributed by atoms with Crippen LogP contribution in [0, 0.1) is 16.7 Å². The molecule has 3 nitrogen and oxygen atoms in total. The Bertz CT molecular complexity index is 465. The predicted octanol–water partition coefficient (Wildman–Crippen LogP) is 3.38. The number of hydrogen-bond acceptors (Lipinski definition) is 3. The summed E-state index contributed by atoms with van der Waals surface area (Å²) in [5.41, 5.74) is -0.995. The van der Waals surface area contributed by atoms with Gasteiger partial charge in [0.15, 0.2) is 0 Å². The molecule has 19 heavy (non-hydrogen) atoms. The van der Waals surface area contributed by atoms with Gasteiger partial charge in [0, 0.05) is 0 Å². The van der Waals surface area contributed by atoms with E-state index in [0.717, 1.165) is 43.4 Å². The molecule has 1 N–H and O–H groups in total. The molecule has 0 spiro atoms. The third-order valence-electron chi connectivity index (χ3n) is 4.51. The summed E-state index contributed by atoms with van der Waals surface area (Å²) >= 11 is 0. The van der Waals surface area contributed by atoms with Crippen LogP contribution in [0.4, 0.5) is 0 Å². The van der Waals surface area contributed by atoms with Crippen LogP contribution >= 0.6 is 0 Å². The van der Waals surface area contributed by atoms with Gasteiger partial charge in [0.25, 0.3) is 0 Å². The van der Waals surface area contributed by atoms with E-state index in [1.165, 1.54) is 0 Å². The summed E-state index contributed by atoms with van der Waals surface area (Å²) in [5.74, 6) is 0.759. The van der Waals surface area contributed by atoms with Crippen molar-refractivity contribution in [1.29, 1.82) is 5.26 Å². The van der Waals surface area contributed by atoms with Crippen LogP contribution in [0.3, 0.4) is 0 Å². The molecule has 3 heteroatoms. The first-order chi connectivity index (χ1) is 9.05. The molecule has 0 radical (unpaired) electrons. The van der Waals surface area contributed by atoms with Crippen molar-refractivity contribution in [2.24, 2.45) is 5.41 Å². The molecule has 0 aliphatic heterocycles. The molecule has 0 bridgehead atoms. The van der Waals surface area contributed by atoms with Gasteiger partial charge in [-0.15, -0.1) is 0 Å². The monoisotopic (exact) mass is 259 g/mol. The Labute approximate surface area is 114 Å². The number of hydrogen-bond donors (Lipinski definition) is 1. The van der Waals surface area contributed by atoms with Crippen LogP contribution in [0.2, 0.25) is 0 Å². The van der Waals surface area contributed by atoms with E-state index in [9.17, 15) is 10.4 Å². The van der Waals surface area contributed by atoms with Crippen LogP contribution in [0.15, 0.2) is 24.3 Å². The molecular weight excluding hydrogens is 238 g/mol. The average molecular weight is 259 g/mol. The molecule has 102 valence electrons. The lowest BCUT2D eigenvalue weighted by atomic mass is 9.62. The third-order valence-corrected chi connectivity index (χ3v) is 4.51. The Morgan fingerprint density at radius 3 is 2.26 bits per heavy atom. The van der Waals surface area contributed by atoms with Gasteiger partial charge in [-0.3, -0.25) is 0 Å². The van der Waals surface area contributed by atoms with Crippen molar-refractivity contribution in [2.75, 3.05) is 7.11 Å². The molecule has 2 rings (SSSR count). The molecule has 1 atom stereocenters. The summed E-state index contributed by atoms with van der Waals surface area (Å²) in [5, 5.41) is 20.6. The van der Waals surface area contributed by atoms with E-state index >= 15 is 0 Å². The maximum Gasteiger partial charge on any atom is 0.118 e. The van der Waals surface area contributed by atoms with Crippen molar-refractivity contribution in [2.45, 2.75) is 44.6 Å². The quantitative estimate of drug-likeness (QED) is 0.905. The number of nitriles is 1. The van der Waals surface area contributed by atoms with Crippen LogP contribution < -0.4 is 4.74 Å². The van der Waals surface area contributed by atoms with E-state index in [0.29, 0.717) is 0 Å². The number of aliphatic hydroxyl groups is 1. The van der Waals surface area contributed by atoms with Gasteiger partial charge in [-0.2, -0.15) is 5.26 Å². The van der Waals surface area contributed by atoms with E-state index in [-0.39, 0.29) is 0 Å². The highest BCUT2D eigenvalue weighted by Gasteiger charge is 2.49. The van der Waals surface area contributed by atoms with E-state index in [4.69, 9.17) is 4.74 Å². The van der Waals surface area contributed by atoms with Gasteiger partial charge in [0.2, 0.25) is 0 Å². The molecule has 0 aromatic heterocycles. The van der Waals surface area contributed by atoms with Gasteiger partial charge in [0.1, 0.15) is 11.4 Å². The minimum atomic E-state index is -1.12. The normalized spacial score (nSPS) is 21.2. The van der Waals surface area contributed by atoms with Gasteiger partial charge >= 0.3 is 0 Å². The summed E-state index contributed by atoms with van der Waals surface area (Å²) in [6.45, 7) is 1.77. The lowest BCUT2D eigenvalue weighted by molar-refractivity contribution is -0.0634. The lowest BCUT2D eigenvalue weighted by Crippen LogP contribution is -2.44. The molecule has 0 saturated heterocycles. The molecular formula is C16H21NO2. The molecule has 1 unspecified atom stereocenters. The molecule has 1 aromatic carbocycles. The number of benzene rings is 1. The third kappa shape index (κ3) is 2.33. The highest BCUT2D eigenvalue weighted by molar-refractivity contribution is 5.33. The first kappa shape index (κ1) is 13.9. The van der Waals surface area contributed by atoms with Crippen molar-refractivity contribution in [3.8, 4) is 11.8 Å². The second-order valence-electron chi connectivity index (χ2n) is 5.56. The standard InChI is InChI=1S/C16H21NO2/c1-15(18,13-6-8-14(19-2)9-7-13)16(12-17)10-4-3-5-11-16/h6-9,18H,3-5,10-11H2,1-2H3. The summed E-state index contributed by atoms with van der Waals surface area (Å²) in [7, 11) is 1.62. The minimum absolute atomic E-state index is 0.667. The van der Waals surface area contributed by atoms with Crippen LogP contribution in [-0.2, 0) is 5.60 Å². The van der Waals surface area contributed by atoms with Gasteiger partial charge in [-0.25, -0.2) is 0 Å². The van der Waals surface area contributed by atoms with E-state index in [1.54, 1.807) is 14.0 Å². The van der Waals surface area contributed by atoms with E-state index < -0.39 is 11.0 Å². The van der Waals surface area contributed by atoms with Crippen LogP contribution in [-0.4, -0.2) is 12.2 Å². The number of rotatable bonds is 3. The molecule has 1 aliphatic rings. The maximum absolute atomic E-state index is 11.0. The van der Waals surface area contributed by atoms with Crippen molar-refractivity contribution in [1.82, 2.24) is 0 Å². The average Bonchev–Trinajstić information content (AvgIpc) is 2.47. The molecule has 1 fully saturated rings. The Hall–Kier alpha value is -1.53. The minimum Gasteiger partial charge on any atom is -0.497 e. The van der Waals surface area contributed by atoms with Crippen molar-refractivity contribution in [3.05, 3.63) is 29.8 Å². The number of nitrogens with zero attached hydrogens (tertiary/aromatic N) is 1. The topological polar surface area (TPSA) is 53.2 Å². The molecule has 0 amide bonds. The molecule has 0 heterocycles. The Balaban J connectivity index is 2.36. The first-order valence-electron chi connectivity index (χ1n) is 6.84. The molecule has 1 saturated carbocycles. The van der Waals surface area contributed by atoms with Gasteiger partial charge in [0.05, 0.1) is 18.6 Å². The summed E-state index contributed by atoms with van der Waals surface area (Å²) in [6, 6.07) is 9.77. The SMILES string of the molecule is COc1ccc(C(C)(O)C2(C#N)CCCCC2)cc1. The Morgan fingerprint density at radius 2 is 1.79 bits per heavy atom. The smallest absolute Gasteiger partial charge is 0.118 e. The fourth-order valence-corrected chi connectivity index (χ4v) is 3.05. The second kappa shape index (κ2) is 5.22. The fraction of sp³-hybridized carbons (Fsp3) is 0.562. The van der Waals surface area contributed by atoms with Gasteiger partial charge in [-0.05, 0) is 37.5 Å². The van der Waals surface area contributed by atoms with Crippen molar-refractivity contribution in [3.63, 3.8) is 0 Å². The predicted molar refractivity (Wildman–Crippen MR) is 73.7 cm³/mol. The highest BCUT2D eigenvalue weighted by Crippen LogP contribution is 2.49. The highest BCUT2D eigenvalue weighted by atomic mass is 16.5.